The van der Waals surface area contributed by atoms with E-state index >= 15 is 0 Å². The number of hydrogen-bond donors (Lipinski definition) is 2. The zero-order chi connectivity index (χ0) is 32.1. The van der Waals surface area contributed by atoms with Crippen molar-refractivity contribution < 1.29 is 37.3 Å². The Bertz CT molecular complexity index is 1350. The molecule has 2 saturated heterocycles. The highest BCUT2D eigenvalue weighted by Crippen LogP contribution is 2.35. The van der Waals surface area contributed by atoms with Crippen molar-refractivity contribution in [3.05, 3.63) is 59.7 Å². The standard InChI is InChI=1S/C32H47N3O8S/c1-22(36)29(33-31(37)43-28-21-42-30-26(28)14-17-41-30)35(20-23-10-8-7-9-11-23)44(38,39)25-12-13-27(40-6)24(18-25)19-32(2,3)15-16-34(4)5/h7-13,18,22,26,28-30,36H,14-17,19-21H2,1-6H3,(H,33,37)/t22-,26-,28-,29+,30+/m1/s1. The van der Waals surface area contributed by atoms with Crippen molar-refractivity contribution in [2.24, 2.45) is 11.3 Å². The van der Waals surface area contributed by atoms with Crippen LogP contribution in [0.3, 0.4) is 0 Å². The van der Waals surface area contributed by atoms with Gasteiger partial charge in [-0.05, 0) is 81.6 Å². The number of sulfonamides is 1. The number of rotatable bonds is 14. The van der Waals surface area contributed by atoms with E-state index in [0.29, 0.717) is 30.8 Å². The maximum atomic E-state index is 14.4. The number of aliphatic hydroxyl groups is 1. The van der Waals surface area contributed by atoms with Gasteiger partial charge in [0.2, 0.25) is 10.0 Å². The number of alkyl carbamates (subject to hydrolysis) is 1. The third kappa shape index (κ3) is 8.49. The van der Waals surface area contributed by atoms with Crippen LogP contribution in [0.5, 0.6) is 5.75 Å². The van der Waals surface area contributed by atoms with E-state index in [9.17, 15) is 18.3 Å². The molecular weight excluding hydrogens is 586 g/mol. The number of aliphatic hydroxyl groups excluding tert-OH is 1. The van der Waals surface area contributed by atoms with Crippen LogP contribution >= 0.6 is 0 Å². The molecule has 2 aromatic carbocycles. The summed E-state index contributed by atoms with van der Waals surface area (Å²) in [7, 11) is 1.35. The van der Waals surface area contributed by atoms with Crippen molar-refractivity contribution >= 4 is 16.1 Å². The molecular formula is C32H47N3O8S. The molecule has 11 nitrogen and oxygen atoms in total. The highest BCUT2D eigenvalue weighted by molar-refractivity contribution is 7.89. The molecule has 2 aliphatic rings. The predicted molar refractivity (Wildman–Crippen MR) is 165 cm³/mol. The van der Waals surface area contributed by atoms with E-state index in [0.717, 1.165) is 22.8 Å². The molecule has 0 radical (unpaired) electrons. The highest BCUT2D eigenvalue weighted by Gasteiger charge is 2.44. The molecule has 2 aliphatic heterocycles. The molecule has 12 heteroatoms. The second-order valence-corrected chi connectivity index (χ2v) is 14.6. The average Bonchev–Trinajstić information content (AvgIpc) is 3.59. The van der Waals surface area contributed by atoms with Crippen molar-refractivity contribution in [1.29, 1.82) is 0 Å². The Kier molecular flexibility index (Phi) is 11.3. The lowest BCUT2D eigenvalue weighted by Crippen LogP contribution is -2.56. The van der Waals surface area contributed by atoms with E-state index in [1.165, 1.54) is 13.0 Å². The summed E-state index contributed by atoms with van der Waals surface area (Å²) < 4.78 is 52.3. The largest absolute Gasteiger partial charge is 0.496 e. The normalized spacial score (nSPS) is 21.7. The van der Waals surface area contributed by atoms with Gasteiger partial charge in [-0.25, -0.2) is 13.2 Å². The summed E-state index contributed by atoms with van der Waals surface area (Å²) in [6.07, 6.45) is -2.20. The van der Waals surface area contributed by atoms with Crippen LogP contribution in [0.1, 0.15) is 44.7 Å². The number of fused-ring (bicyclic) bond motifs is 1. The quantitative estimate of drug-likeness (QED) is 0.300. The molecule has 0 unspecified atom stereocenters. The van der Waals surface area contributed by atoms with Crippen LogP contribution in [0.2, 0.25) is 0 Å². The van der Waals surface area contributed by atoms with Crippen LogP contribution < -0.4 is 10.1 Å². The number of carbonyl (C=O) groups is 1. The fraction of sp³-hybridized carbons (Fsp3) is 0.594. The summed E-state index contributed by atoms with van der Waals surface area (Å²) in [4.78, 5) is 15.3. The van der Waals surface area contributed by atoms with Gasteiger partial charge in [0.1, 0.15) is 18.0 Å². The number of carbonyl (C=O) groups excluding carboxylic acids is 1. The van der Waals surface area contributed by atoms with Crippen LogP contribution in [-0.4, -0.2) is 94.5 Å². The fourth-order valence-electron chi connectivity index (χ4n) is 5.69. The Labute approximate surface area is 261 Å². The van der Waals surface area contributed by atoms with E-state index in [1.807, 2.05) is 20.2 Å². The van der Waals surface area contributed by atoms with Gasteiger partial charge in [0, 0.05) is 6.54 Å². The van der Waals surface area contributed by atoms with E-state index in [2.05, 4.69) is 24.1 Å². The minimum Gasteiger partial charge on any atom is -0.496 e. The molecule has 4 rings (SSSR count). The van der Waals surface area contributed by atoms with E-state index in [-0.39, 0.29) is 29.4 Å². The monoisotopic (exact) mass is 633 g/mol. The first-order valence-corrected chi connectivity index (χ1v) is 16.5. The van der Waals surface area contributed by atoms with Crippen LogP contribution in [0.4, 0.5) is 4.79 Å². The number of hydrogen-bond acceptors (Lipinski definition) is 9. The molecule has 1 amide bonds. The first-order chi connectivity index (χ1) is 20.8. The zero-order valence-electron chi connectivity index (χ0n) is 26.6. The number of methoxy groups -OCH3 is 1. The molecule has 2 fully saturated rings. The maximum Gasteiger partial charge on any atom is 0.408 e. The Morgan fingerprint density at radius 1 is 1.16 bits per heavy atom. The molecule has 2 N–H and O–H groups in total. The summed E-state index contributed by atoms with van der Waals surface area (Å²) >= 11 is 0. The number of nitrogens with zero attached hydrogens (tertiary/aromatic N) is 2. The third-order valence-corrected chi connectivity index (χ3v) is 10.0. The van der Waals surface area contributed by atoms with Gasteiger partial charge < -0.3 is 34.3 Å². The number of ether oxygens (including phenoxy) is 4. The average molecular weight is 634 g/mol. The molecule has 0 spiro atoms. The molecule has 0 bridgehead atoms. The Balaban J connectivity index is 1.64. The Morgan fingerprint density at radius 2 is 1.89 bits per heavy atom. The van der Waals surface area contributed by atoms with Crippen molar-refractivity contribution in [3.63, 3.8) is 0 Å². The first-order valence-electron chi connectivity index (χ1n) is 15.1. The fourth-order valence-corrected chi connectivity index (χ4v) is 7.34. The van der Waals surface area contributed by atoms with Gasteiger partial charge in [-0.3, -0.25) is 0 Å². The second-order valence-electron chi connectivity index (χ2n) is 12.7. The summed E-state index contributed by atoms with van der Waals surface area (Å²) in [5, 5.41) is 13.5. The number of nitrogens with one attached hydrogen (secondary N) is 1. The van der Waals surface area contributed by atoms with Crippen LogP contribution in [0, 0.1) is 11.3 Å². The summed E-state index contributed by atoms with van der Waals surface area (Å²) in [5.41, 5.74) is 1.31. The molecule has 0 aliphatic carbocycles. The van der Waals surface area contributed by atoms with Crippen molar-refractivity contribution in [2.75, 3.05) is 41.0 Å². The van der Waals surface area contributed by atoms with Crippen LogP contribution in [0.25, 0.3) is 0 Å². The van der Waals surface area contributed by atoms with Gasteiger partial charge >= 0.3 is 6.09 Å². The van der Waals surface area contributed by atoms with Gasteiger partial charge in [0.25, 0.3) is 0 Å². The van der Waals surface area contributed by atoms with Crippen molar-refractivity contribution in [1.82, 2.24) is 14.5 Å². The second kappa shape index (κ2) is 14.6. The van der Waals surface area contributed by atoms with Gasteiger partial charge in [-0.2, -0.15) is 4.31 Å². The van der Waals surface area contributed by atoms with Crippen LogP contribution in [0.15, 0.2) is 53.4 Å². The molecule has 2 aromatic rings. The van der Waals surface area contributed by atoms with Gasteiger partial charge in [-0.1, -0.05) is 44.2 Å². The number of amides is 1. The van der Waals surface area contributed by atoms with Gasteiger partial charge in [-0.15, -0.1) is 0 Å². The summed E-state index contributed by atoms with van der Waals surface area (Å²) in [6, 6.07) is 13.8. The smallest absolute Gasteiger partial charge is 0.408 e. The Morgan fingerprint density at radius 3 is 2.55 bits per heavy atom. The lowest BCUT2D eigenvalue weighted by atomic mass is 9.82. The summed E-state index contributed by atoms with van der Waals surface area (Å²) in [6.45, 7) is 7.22. The highest BCUT2D eigenvalue weighted by atomic mass is 32.2. The van der Waals surface area contributed by atoms with Gasteiger partial charge in [0.15, 0.2) is 6.29 Å². The first kappa shape index (κ1) is 34.1. The zero-order valence-corrected chi connectivity index (χ0v) is 27.4. The van der Waals surface area contributed by atoms with E-state index < -0.39 is 40.8 Å². The lowest BCUT2D eigenvalue weighted by Gasteiger charge is -2.34. The van der Waals surface area contributed by atoms with E-state index in [4.69, 9.17) is 18.9 Å². The molecule has 0 saturated carbocycles. The SMILES string of the molecule is COc1ccc(S(=O)(=O)N(Cc2ccccc2)[C@H](NC(=O)O[C@@H]2CO[C@@H]3OCC[C@@H]32)[C@@H](C)O)cc1CC(C)(C)CCN(C)C. The molecule has 244 valence electrons. The minimum atomic E-state index is -4.26. The van der Waals surface area contributed by atoms with Crippen LogP contribution in [-0.2, 0) is 37.2 Å². The van der Waals surface area contributed by atoms with E-state index in [1.54, 1.807) is 43.5 Å². The maximum absolute atomic E-state index is 14.4. The molecule has 44 heavy (non-hydrogen) atoms. The summed E-state index contributed by atoms with van der Waals surface area (Å²) in [5.74, 6) is 0.507. The van der Waals surface area contributed by atoms with Crippen molar-refractivity contribution in [3.8, 4) is 5.75 Å². The molecule has 2 heterocycles. The topological polar surface area (TPSA) is 127 Å². The van der Waals surface area contributed by atoms with Crippen molar-refractivity contribution in [2.45, 2.75) is 76.1 Å². The number of benzene rings is 2. The molecule has 5 atom stereocenters. The lowest BCUT2D eigenvalue weighted by molar-refractivity contribution is -0.0907. The molecule has 0 aromatic heterocycles. The third-order valence-electron chi connectivity index (χ3n) is 8.22. The minimum absolute atomic E-state index is 0.0311. The predicted octanol–water partition coefficient (Wildman–Crippen LogP) is 3.60. The van der Waals surface area contributed by atoms with Gasteiger partial charge in [0.05, 0.1) is 37.2 Å². The Hall–Kier alpha value is -2.74.